The maximum absolute atomic E-state index is 12.4. The van der Waals surface area contributed by atoms with E-state index in [1.165, 1.54) is 16.5 Å². The number of aryl methyl sites for hydroxylation is 1. The van der Waals surface area contributed by atoms with Crippen molar-refractivity contribution in [3.05, 3.63) is 35.0 Å². The summed E-state index contributed by atoms with van der Waals surface area (Å²) < 4.78 is 2.14. The molecule has 0 unspecified atom stereocenters. The van der Waals surface area contributed by atoms with Crippen molar-refractivity contribution in [2.75, 3.05) is 26.2 Å². The number of hydrogen-bond acceptors (Lipinski definition) is 2. The molecule has 1 aromatic carbocycles. The smallest absolute Gasteiger partial charge is 0.222 e. The van der Waals surface area contributed by atoms with Crippen LogP contribution < -0.4 is 5.32 Å². The van der Waals surface area contributed by atoms with Crippen LogP contribution in [0.5, 0.6) is 0 Å². The summed E-state index contributed by atoms with van der Waals surface area (Å²) in [6.07, 6.45) is 5.94. The van der Waals surface area contributed by atoms with Crippen molar-refractivity contribution in [3.63, 3.8) is 0 Å². The molecule has 1 aliphatic heterocycles. The number of carbonyl (C=O) groups is 1. The second-order valence-electron chi connectivity index (χ2n) is 7.06. The molecule has 1 aliphatic rings. The van der Waals surface area contributed by atoms with Crippen LogP contribution >= 0.6 is 11.6 Å². The van der Waals surface area contributed by atoms with Gasteiger partial charge in [-0.1, -0.05) is 18.5 Å². The number of amides is 1. The van der Waals surface area contributed by atoms with E-state index in [4.69, 9.17) is 11.6 Å². The van der Waals surface area contributed by atoms with E-state index in [1.54, 1.807) is 0 Å². The number of nitrogens with one attached hydrogen (secondary N) is 1. The molecule has 1 N–H and O–H groups in total. The van der Waals surface area contributed by atoms with Gasteiger partial charge in [0.2, 0.25) is 5.91 Å². The van der Waals surface area contributed by atoms with Gasteiger partial charge in [-0.3, -0.25) is 4.79 Å². The quantitative estimate of drug-likeness (QED) is 0.853. The maximum Gasteiger partial charge on any atom is 0.222 e. The fourth-order valence-corrected chi connectivity index (χ4v) is 3.99. The Morgan fingerprint density at radius 1 is 1.36 bits per heavy atom. The number of hydrogen-bond donors (Lipinski definition) is 1. The molecule has 5 heteroatoms. The lowest BCUT2D eigenvalue weighted by molar-refractivity contribution is -0.131. The highest BCUT2D eigenvalue weighted by atomic mass is 35.5. The standard InChI is InChI=1S/C20H28ClN3O/c1-3-20(25)24(13-15-6-9-22-10-7-15)11-8-16-14-23(2)19-5-4-17(21)12-18(16)19/h4-5,12,14-15,22H,3,6-11,13H2,1-2H3. The molecule has 0 bridgehead atoms. The van der Waals surface area contributed by atoms with Gasteiger partial charge in [0.05, 0.1) is 0 Å². The number of nitrogens with zero attached hydrogens (tertiary/aromatic N) is 2. The van der Waals surface area contributed by atoms with E-state index in [2.05, 4.69) is 34.1 Å². The predicted octanol–water partition coefficient (Wildman–Crippen LogP) is 3.61. The molecule has 4 nitrogen and oxygen atoms in total. The molecule has 0 saturated carbocycles. The molecule has 1 amide bonds. The van der Waals surface area contributed by atoms with Gasteiger partial charge < -0.3 is 14.8 Å². The van der Waals surface area contributed by atoms with E-state index in [-0.39, 0.29) is 5.91 Å². The average Bonchev–Trinajstić information content (AvgIpc) is 2.94. The lowest BCUT2D eigenvalue weighted by Crippen LogP contribution is -2.40. The Hall–Kier alpha value is -1.52. The first-order valence-corrected chi connectivity index (χ1v) is 9.68. The van der Waals surface area contributed by atoms with Crippen molar-refractivity contribution >= 4 is 28.4 Å². The van der Waals surface area contributed by atoms with Gasteiger partial charge in [-0.05, 0) is 62.0 Å². The van der Waals surface area contributed by atoms with Crippen LogP contribution in [0.4, 0.5) is 0 Å². The van der Waals surface area contributed by atoms with Crippen LogP contribution in [0.15, 0.2) is 24.4 Å². The van der Waals surface area contributed by atoms with E-state index < -0.39 is 0 Å². The fourth-order valence-electron chi connectivity index (χ4n) is 3.82. The minimum absolute atomic E-state index is 0.261. The zero-order chi connectivity index (χ0) is 17.8. The largest absolute Gasteiger partial charge is 0.350 e. The fraction of sp³-hybridized carbons (Fsp3) is 0.550. The SMILES string of the molecule is CCC(=O)N(CCc1cn(C)c2ccc(Cl)cc12)CC1CCNCC1. The summed E-state index contributed by atoms with van der Waals surface area (Å²) >= 11 is 6.18. The summed E-state index contributed by atoms with van der Waals surface area (Å²) in [5.74, 6) is 0.885. The lowest BCUT2D eigenvalue weighted by Gasteiger charge is -2.30. The zero-order valence-electron chi connectivity index (χ0n) is 15.2. The highest BCUT2D eigenvalue weighted by Crippen LogP contribution is 2.25. The number of carbonyl (C=O) groups excluding carboxylic acids is 1. The number of piperidine rings is 1. The van der Waals surface area contributed by atoms with E-state index in [0.29, 0.717) is 12.3 Å². The predicted molar refractivity (Wildman–Crippen MR) is 104 cm³/mol. The second kappa shape index (κ2) is 8.24. The topological polar surface area (TPSA) is 37.3 Å². The molecule has 2 heterocycles. The summed E-state index contributed by atoms with van der Waals surface area (Å²) in [4.78, 5) is 14.5. The van der Waals surface area contributed by atoms with Crippen LogP contribution in [-0.4, -0.2) is 41.6 Å². The summed E-state index contributed by atoms with van der Waals surface area (Å²) in [5, 5.41) is 5.35. The molecule has 1 fully saturated rings. The van der Waals surface area contributed by atoms with Crippen molar-refractivity contribution in [1.82, 2.24) is 14.8 Å². The van der Waals surface area contributed by atoms with E-state index >= 15 is 0 Å². The van der Waals surface area contributed by atoms with Gasteiger partial charge in [0.1, 0.15) is 0 Å². The Kier molecular flexibility index (Phi) is 6.02. The van der Waals surface area contributed by atoms with E-state index in [9.17, 15) is 4.79 Å². The third-order valence-electron chi connectivity index (χ3n) is 5.28. The lowest BCUT2D eigenvalue weighted by atomic mass is 9.97. The number of rotatable bonds is 6. The van der Waals surface area contributed by atoms with E-state index in [1.807, 2.05) is 19.1 Å². The highest BCUT2D eigenvalue weighted by Gasteiger charge is 2.20. The van der Waals surface area contributed by atoms with E-state index in [0.717, 1.165) is 50.5 Å². The molecule has 2 aromatic rings. The first-order chi connectivity index (χ1) is 12.1. The van der Waals surface area contributed by atoms with Crippen LogP contribution in [0.3, 0.4) is 0 Å². The summed E-state index contributed by atoms with van der Waals surface area (Å²) in [6.45, 7) is 5.76. The molecule has 136 valence electrons. The molecule has 1 saturated heterocycles. The Labute approximate surface area is 155 Å². The summed E-state index contributed by atoms with van der Waals surface area (Å²) in [5.41, 5.74) is 2.45. The van der Waals surface area contributed by atoms with Crippen molar-refractivity contribution in [2.45, 2.75) is 32.6 Å². The van der Waals surface area contributed by atoms with Crippen LogP contribution in [0.1, 0.15) is 31.7 Å². The normalized spacial score (nSPS) is 15.6. The molecular weight excluding hydrogens is 334 g/mol. The van der Waals surface area contributed by atoms with Crippen molar-refractivity contribution in [3.8, 4) is 0 Å². The Morgan fingerprint density at radius 2 is 2.12 bits per heavy atom. The molecular formula is C20H28ClN3O. The van der Waals surface area contributed by atoms with Crippen LogP contribution in [0.2, 0.25) is 5.02 Å². The van der Waals surface area contributed by atoms with Crippen molar-refractivity contribution < 1.29 is 4.79 Å². The summed E-state index contributed by atoms with van der Waals surface area (Å²) in [6, 6.07) is 6.02. The number of aromatic nitrogens is 1. The second-order valence-corrected chi connectivity index (χ2v) is 7.50. The van der Waals surface area contributed by atoms with Gasteiger partial charge in [0, 0.05) is 48.7 Å². The van der Waals surface area contributed by atoms with Gasteiger partial charge >= 0.3 is 0 Å². The third-order valence-corrected chi connectivity index (χ3v) is 5.51. The molecule has 0 spiro atoms. The first kappa shape index (κ1) is 18.3. The molecule has 1 aromatic heterocycles. The molecule has 25 heavy (non-hydrogen) atoms. The Bertz CT molecular complexity index is 734. The maximum atomic E-state index is 12.4. The molecule has 0 radical (unpaired) electrons. The average molecular weight is 362 g/mol. The van der Waals surface area contributed by atoms with Crippen LogP contribution in [0, 0.1) is 5.92 Å². The highest BCUT2D eigenvalue weighted by molar-refractivity contribution is 6.31. The minimum Gasteiger partial charge on any atom is -0.350 e. The number of benzene rings is 1. The summed E-state index contributed by atoms with van der Waals surface area (Å²) in [7, 11) is 2.06. The van der Waals surface area contributed by atoms with Gasteiger partial charge in [-0.2, -0.15) is 0 Å². The van der Waals surface area contributed by atoms with Gasteiger partial charge in [-0.15, -0.1) is 0 Å². The van der Waals surface area contributed by atoms with Gasteiger partial charge in [0.15, 0.2) is 0 Å². The minimum atomic E-state index is 0.261. The number of halogens is 1. The van der Waals surface area contributed by atoms with Gasteiger partial charge in [0.25, 0.3) is 0 Å². The molecule has 0 aliphatic carbocycles. The van der Waals surface area contributed by atoms with Crippen LogP contribution in [0.25, 0.3) is 10.9 Å². The van der Waals surface area contributed by atoms with Crippen molar-refractivity contribution in [1.29, 1.82) is 0 Å². The Balaban J connectivity index is 1.72. The van der Waals surface area contributed by atoms with Gasteiger partial charge in [-0.25, -0.2) is 0 Å². The number of fused-ring (bicyclic) bond motifs is 1. The van der Waals surface area contributed by atoms with Crippen molar-refractivity contribution in [2.24, 2.45) is 13.0 Å². The Morgan fingerprint density at radius 3 is 2.84 bits per heavy atom. The third kappa shape index (κ3) is 4.36. The monoisotopic (exact) mass is 361 g/mol. The van der Waals surface area contributed by atoms with Crippen LogP contribution in [-0.2, 0) is 18.3 Å². The molecule has 0 atom stereocenters. The zero-order valence-corrected chi connectivity index (χ0v) is 16.0. The first-order valence-electron chi connectivity index (χ1n) is 9.30. The molecule has 3 rings (SSSR count).